The van der Waals surface area contributed by atoms with Gasteiger partial charge in [-0.15, -0.1) is 0 Å². The van der Waals surface area contributed by atoms with E-state index in [9.17, 15) is 19.7 Å². The summed E-state index contributed by atoms with van der Waals surface area (Å²) in [5.74, 6) is -2.74. The predicted octanol–water partition coefficient (Wildman–Crippen LogP) is 7.47. The highest BCUT2D eigenvalue weighted by molar-refractivity contribution is 6.07. The van der Waals surface area contributed by atoms with E-state index in [2.05, 4.69) is 58.4 Å². The van der Waals surface area contributed by atoms with Gasteiger partial charge in [0.15, 0.2) is 0 Å². The molecule has 0 amide bonds. The van der Waals surface area contributed by atoms with Gasteiger partial charge in [0.2, 0.25) is 0 Å². The molecule has 3 aromatic carbocycles. The maximum Gasteiger partial charge on any atom is 0.337 e. The SMILES string of the molecule is CCCOC(=O)C1C(C)=NC(C)=C(C(=O)OC(C)(C)CN(C)CCC(c2ccccc2)c2ccccc2)C1c1cccc([N+](=O)[O-])c1. The number of esters is 2. The van der Waals surface area contributed by atoms with Crippen molar-refractivity contribution >= 4 is 23.3 Å². The zero-order valence-electron chi connectivity index (χ0n) is 28.1. The molecular weight excluding hydrogens is 594 g/mol. The third-order valence-electron chi connectivity index (χ3n) is 8.41. The first-order chi connectivity index (χ1) is 22.4. The van der Waals surface area contributed by atoms with E-state index in [4.69, 9.17) is 9.47 Å². The summed E-state index contributed by atoms with van der Waals surface area (Å²) in [6.07, 6.45) is 1.49. The highest BCUT2D eigenvalue weighted by atomic mass is 16.6. The third kappa shape index (κ3) is 9.01. The van der Waals surface area contributed by atoms with Gasteiger partial charge in [0.25, 0.3) is 5.69 Å². The molecule has 3 aromatic rings. The highest BCUT2D eigenvalue weighted by Gasteiger charge is 2.44. The van der Waals surface area contributed by atoms with E-state index in [1.165, 1.54) is 23.3 Å². The summed E-state index contributed by atoms with van der Waals surface area (Å²) in [6.45, 7) is 10.4. The second-order valence-corrected chi connectivity index (χ2v) is 12.8. The summed E-state index contributed by atoms with van der Waals surface area (Å²) in [5, 5.41) is 11.7. The van der Waals surface area contributed by atoms with Crippen LogP contribution >= 0.6 is 0 Å². The van der Waals surface area contributed by atoms with Crippen molar-refractivity contribution in [3.63, 3.8) is 0 Å². The molecule has 0 aliphatic carbocycles. The van der Waals surface area contributed by atoms with Crippen molar-refractivity contribution in [2.45, 2.75) is 64.9 Å². The summed E-state index contributed by atoms with van der Waals surface area (Å²) >= 11 is 0. The molecule has 0 saturated carbocycles. The van der Waals surface area contributed by atoms with Crippen LogP contribution in [0.3, 0.4) is 0 Å². The van der Waals surface area contributed by atoms with Crippen molar-refractivity contribution in [3.8, 4) is 0 Å². The quantitative estimate of drug-likeness (QED) is 0.102. The maximum atomic E-state index is 14.1. The Morgan fingerprint density at radius 3 is 2.17 bits per heavy atom. The molecule has 1 heterocycles. The minimum Gasteiger partial charge on any atom is -0.465 e. The summed E-state index contributed by atoms with van der Waals surface area (Å²) < 4.78 is 11.7. The van der Waals surface area contributed by atoms with Crippen LogP contribution in [-0.4, -0.2) is 59.8 Å². The average Bonchev–Trinajstić information content (AvgIpc) is 3.03. The summed E-state index contributed by atoms with van der Waals surface area (Å²) in [6, 6.07) is 26.9. The Kier molecular flexibility index (Phi) is 11.8. The molecule has 0 saturated heterocycles. The van der Waals surface area contributed by atoms with Gasteiger partial charge in [0, 0.05) is 41.9 Å². The molecular formula is C38H45N3O6. The first-order valence-electron chi connectivity index (χ1n) is 16.1. The number of likely N-dealkylation sites (N-methyl/N-ethyl adjacent to an activating group) is 1. The van der Waals surface area contributed by atoms with Crippen LogP contribution in [0.4, 0.5) is 5.69 Å². The molecule has 9 nitrogen and oxygen atoms in total. The molecule has 0 aromatic heterocycles. The molecule has 0 N–H and O–H groups in total. The summed E-state index contributed by atoms with van der Waals surface area (Å²) in [4.78, 5) is 45.4. The number of carbonyl (C=O) groups is 2. The van der Waals surface area contributed by atoms with Crippen molar-refractivity contribution in [1.29, 1.82) is 0 Å². The Bertz CT molecular complexity index is 1580. The van der Waals surface area contributed by atoms with Gasteiger partial charge in [-0.1, -0.05) is 79.7 Å². The predicted molar refractivity (Wildman–Crippen MR) is 183 cm³/mol. The lowest BCUT2D eigenvalue weighted by molar-refractivity contribution is -0.384. The van der Waals surface area contributed by atoms with Gasteiger partial charge in [-0.2, -0.15) is 0 Å². The minimum absolute atomic E-state index is 0.139. The Hall–Kier alpha value is -4.63. The van der Waals surface area contributed by atoms with Crippen LogP contribution in [-0.2, 0) is 19.1 Å². The Morgan fingerprint density at radius 1 is 0.979 bits per heavy atom. The lowest BCUT2D eigenvalue weighted by Gasteiger charge is -2.35. The number of carbonyl (C=O) groups excluding carboxylic acids is 2. The number of allylic oxidation sites excluding steroid dienone is 1. The van der Waals surface area contributed by atoms with Crippen LogP contribution in [0.5, 0.6) is 0 Å². The van der Waals surface area contributed by atoms with Crippen LogP contribution in [0.2, 0.25) is 0 Å². The molecule has 0 spiro atoms. The number of hydrogen-bond acceptors (Lipinski definition) is 8. The van der Waals surface area contributed by atoms with E-state index in [1.54, 1.807) is 26.0 Å². The largest absolute Gasteiger partial charge is 0.465 e. The molecule has 248 valence electrons. The summed E-state index contributed by atoms with van der Waals surface area (Å²) in [7, 11) is 2.01. The van der Waals surface area contributed by atoms with Crippen LogP contribution in [0.25, 0.3) is 0 Å². The fourth-order valence-corrected chi connectivity index (χ4v) is 6.41. The maximum absolute atomic E-state index is 14.1. The topological polar surface area (TPSA) is 111 Å². The number of nitrogens with zero attached hydrogens (tertiary/aromatic N) is 3. The van der Waals surface area contributed by atoms with Crippen LogP contribution in [0, 0.1) is 16.0 Å². The molecule has 4 rings (SSSR count). The molecule has 47 heavy (non-hydrogen) atoms. The molecule has 1 aliphatic rings. The van der Waals surface area contributed by atoms with Crippen LogP contribution in [0.15, 0.2) is 101 Å². The Balaban J connectivity index is 1.56. The Labute approximate surface area is 277 Å². The van der Waals surface area contributed by atoms with Gasteiger partial charge in [0.1, 0.15) is 11.5 Å². The van der Waals surface area contributed by atoms with Crippen molar-refractivity contribution < 1.29 is 24.0 Å². The molecule has 0 bridgehead atoms. The number of benzene rings is 3. The number of nitro groups is 1. The first kappa shape index (κ1) is 35.2. The normalized spacial score (nSPS) is 16.6. The fraction of sp³-hybridized carbons (Fsp3) is 0.395. The molecule has 2 unspecified atom stereocenters. The highest BCUT2D eigenvalue weighted by Crippen LogP contribution is 2.41. The van der Waals surface area contributed by atoms with E-state index in [1.807, 2.05) is 40.0 Å². The number of aliphatic imine (C=N–C) groups is 1. The van der Waals surface area contributed by atoms with E-state index < -0.39 is 34.3 Å². The van der Waals surface area contributed by atoms with Crippen molar-refractivity contribution in [1.82, 2.24) is 4.90 Å². The van der Waals surface area contributed by atoms with Gasteiger partial charge < -0.3 is 14.4 Å². The fourth-order valence-electron chi connectivity index (χ4n) is 6.41. The number of nitro benzene ring substituents is 1. The van der Waals surface area contributed by atoms with Gasteiger partial charge in [-0.05, 0) is 70.8 Å². The molecule has 2 atom stereocenters. The van der Waals surface area contributed by atoms with Crippen molar-refractivity contribution in [2.24, 2.45) is 10.9 Å². The van der Waals surface area contributed by atoms with E-state index in [-0.39, 0.29) is 23.8 Å². The van der Waals surface area contributed by atoms with Gasteiger partial charge in [0.05, 0.1) is 17.1 Å². The number of rotatable bonds is 14. The third-order valence-corrected chi connectivity index (χ3v) is 8.41. The van der Waals surface area contributed by atoms with Crippen LogP contribution in [0.1, 0.15) is 76.0 Å². The van der Waals surface area contributed by atoms with Crippen LogP contribution < -0.4 is 0 Å². The Morgan fingerprint density at radius 2 is 1.60 bits per heavy atom. The van der Waals surface area contributed by atoms with Gasteiger partial charge in [-0.25, -0.2) is 4.79 Å². The monoisotopic (exact) mass is 639 g/mol. The number of ether oxygens (including phenoxy) is 2. The smallest absolute Gasteiger partial charge is 0.337 e. The molecule has 0 radical (unpaired) electrons. The van der Waals surface area contributed by atoms with Crippen molar-refractivity contribution in [3.05, 3.63) is 123 Å². The summed E-state index contributed by atoms with van der Waals surface area (Å²) in [5.41, 5.74) is 2.96. The number of hydrogen-bond donors (Lipinski definition) is 0. The zero-order valence-corrected chi connectivity index (χ0v) is 28.1. The number of non-ortho nitro benzene ring substituents is 1. The second-order valence-electron chi connectivity index (χ2n) is 12.8. The second kappa shape index (κ2) is 15.8. The van der Waals surface area contributed by atoms with E-state index in [0.717, 1.165) is 13.0 Å². The van der Waals surface area contributed by atoms with Crippen molar-refractivity contribution in [2.75, 3.05) is 26.7 Å². The van der Waals surface area contributed by atoms with E-state index >= 15 is 0 Å². The lowest BCUT2D eigenvalue weighted by Crippen LogP contribution is -2.43. The van der Waals surface area contributed by atoms with Gasteiger partial charge in [-0.3, -0.25) is 19.9 Å². The average molecular weight is 640 g/mol. The van der Waals surface area contributed by atoms with E-state index in [0.29, 0.717) is 29.9 Å². The molecule has 9 heteroatoms. The lowest BCUT2D eigenvalue weighted by atomic mass is 9.75. The molecule has 1 aliphatic heterocycles. The minimum atomic E-state index is -0.937. The standard InChI is InChI=1S/C38H45N3O6/c1-7-23-46-36(42)33-26(2)39-27(3)34(35(33)30-19-14-20-31(24-30)41(44)45)37(43)47-38(4,5)25-40(6)22-21-32(28-15-10-8-11-16-28)29-17-12-9-13-18-29/h8-20,24,32-33,35H,7,21-23,25H2,1-6H3. The zero-order chi connectivity index (χ0) is 34.1. The van der Waals surface area contributed by atoms with Gasteiger partial charge >= 0.3 is 11.9 Å². The first-order valence-corrected chi connectivity index (χ1v) is 16.1. The molecule has 0 fully saturated rings.